The monoisotopic (exact) mass is 351 g/mol. The molecule has 0 saturated carbocycles. The standard InChI is InChI=1S/C15H17N3O5S/c1-3-22-12-8-5-4-7-11(12)15-17-13(18-23-15)14(19)16-9-6-10-24(2,20)21/h4-8,10H,3,9H2,1-2H3,(H,16,19)/b10-6+. The lowest BCUT2D eigenvalue weighted by atomic mass is 10.2. The van der Waals surface area contributed by atoms with Crippen LogP contribution in [-0.4, -0.2) is 43.9 Å². The minimum atomic E-state index is -3.22. The van der Waals surface area contributed by atoms with Gasteiger partial charge < -0.3 is 14.6 Å². The molecule has 0 radical (unpaired) electrons. The van der Waals surface area contributed by atoms with Gasteiger partial charge in [0.15, 0.2) is 9.84 Å². The normalized spacial score (nSPS) is 11.6. The fourth-order valence-electron chi connectivity index (χ4n) is 1.80. The first kappa shape index (κ1) is 17.7. The SMILES string of the molecule is CCOc1ccccc1-c1nc(C(=O)NC/C=C/S(C)(=O)=O)no1. The lowest BCUT2D eigenvalue weighted by Crippen LogP contribution is -2.24. The van der Waals surface area contributed by atoms with Gasteiger partial charge >= 0.3 is 0 Å². The lowest BCUT2D eigenvalue weighted by Gasteiger charge is -2.05. The van der Waals surface area contributed by atoms with Gasteiger partial charge in [-0.05, 0) is 19.1 Å². The Morgan fingerprint density at radius 3 is 2.83 bits per heavy atom. The molecule has 9 heteroatoms. The van der Waals surface area contributed by atoms with Gasteiger partial charge in [0.25, 0.3) is 17.6 Å². The van der Waals surface area contributed by atoms with Crippen LogP contribution in [-0.2, 0) is 9.84 Å². The third kappa shape index (κ3) is 4.92. The van der Waals surface area contributed by atoms with Gasteiger partial charge in [0.1, 0.15) is 5.75 Å². The number of hydrogen-bond acceptors (Lipinski definition) is 7. The predicted octanol–water partition coefficient (Wildman–Crippen LogP) is 1.42. The molecule has 0 aliphatic heterocycles. The van der Waals surface area contributed by atoms with E-state index in [0.717, 1.165) is 11.7 Å². The number of aromatic nitrogens is 2. The maximum absolute atomic E-state index is 11.9. The maximum atomic E-state index is 11.9. The summed E-state index contributed by atoms with van der Waals surface area (Å²) in [4.78, 5) is 16.0. The number of ether oxygens (including phenoxy) is 1. The third-order valence-electron chi connectivity index (χ3n) is 2.77. The Morgan fingerprint density at radius 2 is 2.12 bits per heavy atom. The molecule has 1 N–H and O–H groups in total. The van der Waals surface area contributed by atoms with Crippen molar-refractivity contribution in [3.63, 3.8) is 0 Å². The molecule has 0 aliphatic rings. The first-order chi connectivity index (χ1) is 11.4. The molecule has 0 atom stereocenters. The van der Waals surface area contributed by atoms with Crippen LogP contribution >= 0.6 is 0 Å². The molecule has 1 aromatic heterocycles. The van der Waals surface area contributed by atoms with Gasteiger partial charge in [-0.3, -0.25) is 4.79 Å². The van der Waals surface area contributed by atoms with E-state index in [1.807, 2.05) is 13.0 Å². The van der Waals surface area contributed by atoms with Gasteiger partial charge in [-0.25, -0.2) is 8.42 Å². The van der Waals surface area contributed by atoms with Crippen LogP contribution in [0.3, 0.4) is 0 Å². The molecule has 0 saturated heterocycles. The Morgan fingerprint density at radius 1 is 1.38 bits per heavy atom. The molecule has 1 aromatic carbocycles. The van der Waals surface area contributed by atoms with Gasteiger partial charge in [0.2, 0.25) is 0 Å². The van der Waals surface area contributed by atoms with Crippen molar-refractivity contribution in [1.29, 1.82) is 0 Å². The summed E-state index contributed by atoms with van der Waals surface area (Å²) in [5.74, 6) is 0.0173. The fourth-order valence-corrected chi connectivity index (χ4v) is 2.25. The predicted molar refractivity (Wildman–Crippen MR) is 87.2 cm³/mol. The number of para-hydroxylation sites is 1. The first-order valence-corrected chi connectivity index (χ1v) is 9.07. The van der Waals surface area contributed by atoms with Crippen LogP contribution in [0.25, 0.3) is 11.5 Å². The van der Waals surface area contributed by atoms with Crippen molar-refractivity contribution in [2.24, 2.45) is 0 Å². The number of carbonyl (C=O) groups is 1. The van der Waals surface area contributed by atoms with E-state index >= 15 is 0 Å². The maximum Gasteiger partial charge on any atom is 0.292 e. The van der Waals surface area contributed by atoms with Crippen molar-refractivity contribution in [2.45, 2.75) is 6.92 Å². The number of benzene rings is 1. The molecule has 24 heavy (non-hydrogen) atoms. The average Bonchev–Trinajstić information content (AvgIpc) is 3.01. The summed E-state index contributed by atoms with van der Waals surface area (Å²) in [6.07, 6.45) is 2.38. The second kappa shape index (κ2) is 7.73. The molecular weight excluding hydrogens is 334 g/mol. The van der Waals surface area contributed by atoms with E-state index in [-0.39, 0.29) is 18.3 Å². The summed E-state index contributed by atoms with van der Waals surface area (Å²) >= 11 is 0. The van der Waals surface area contributed by atoms with E-state index in [9.17, 15) is 13.2 Å². The Labute approximate surface area is 139 Å². The van der Waals surface area contributed by atoms with Crippen molar-refractivity contribution < 1.29 is 22.5 Å². The Bertz CT molecular complexity index is 842. The summed E-state index contributed by atoms with van der Waals surface area (Å²) in [6.45, 7) is 2.37. The Hall–Kier alpha value is -2.68. The minimum Gasteiger partial charge on any atom is -0.493 e. The zero-order valence-corrected chi connectivity index (χ0v) is 14.0. The second-order valence-corrected chi connectivity index (χ2v) is 6.69. The molecule has 0 bridgehead atoms. The van der Waals surface area contributed by atoms with Crippen LogP contribution in [0.15, 0.2) is 40.3 Å². The van der Waals surface area contributed by atoms with Crippen LogP contribution in [0.1, 0.15) is 17.5 Å². The quantitative estimate of drug-likeness (QED) is 0.803. The zero-order valence-electron chi connectivity index (χ0n) is 13.2. The molecule has 1 heterocycles. The molecule has 0 spiro atoms. The van der Waals surface area contributed by atoms with Gasteiger partial charge in [-0.1, -0.05) is 23.4 Å². The summed E-state index contributed by atoms with van der Waals surface area (Å²) < 4.78 is 32.5. The van der Waals surface area contributed by atoms with Crippen LogP contribution in [0.4, 0.5) is 0 Å². The molecule has 128 valence electrons. The van der Waals surface area contributed by atoms with Gasteiger partial charge in [-0.2, -0.15) is 4.98 Å². The lowest BCUT2D eigenvalue weighted by molar-refractivity contribution is 0.0944. The Kier molecular flexibility index (Phi) is 5.69. The van der Waals surface area contributed by atoms with E-state index in [0.29, 0.717) is 17.9 Å². The molecule has 0 fully saturated rings. The summed E-state index contributed by atoms with van der Waals surface area (Å²) in [5.41, 5.74) is 0.586. The molecule has 2 rings (SSSR count). The third-order valence-corrected chi connectivity index (χ3v) is 3.46. The second-order valence-electron chi connectivity index (χ2n) is 4.76. The largest absolute Gasteiger partial charge is 0.493 e. The van der Waals surface area contributed by atoms with Crippen molar-refractivity contribution in [3.8, 4) is 17.2 Å². The van der Waals surface area contributed by atoms with Crippen LogP contribution in [0.5, 0.6) is 5.75 Å². The van der Waals surface area contributed by atoms with E-state index in [1.165, 1.54) is 6.08 Å². The highest BCUT2D eigenvalue weighted by Gasteiger charge is 2.17. The number of hydrogen-bond donors (Lipinski definition) is 1. The van der Waals surface area contributed by atoms with Gasteiger partial charge in [0.05, 0.1) is 12.2 Å². The number of nitrogens with one attached hydrogen (secondary N) is 1. The molecule has 0 aliphatic carbocycles. The topological polar surface area (TPSA) is 111 Å². The highest BCUT2D eigenvalue weighted by molar-refractivity contribution is 7.93. The van der Waals surface area contributed by atoms with E-state index < -0.39 is 15.7 Å². The molecule has 8 nitrogen and oxygen atoms in total. The van der Waals surface area contributed by atoms with Crippen molar-refractivity contribution >= 4 is 15.7 Å². The van der Waals surface area contributed by atoms with E-state index in [2.05, 4.69) is 15.5 Å². The first-order valence-electron chi connectivity index (χ1n) is 7.11. The molecule has 2 aromatic rings. The minimum absolute atomic E-state index is 0.0330. The van der Waals surface area contributed by atoms with Crippen LogP contribution < -0.4 is 10.1 Å². The summed E-state index contributed by atoms with van der Waals surface area (Å²) in [5, 5.41) is 7.10. The fraction of sp³-hybridized carbons (Fsp3) is 0.267. The smallest absolute Gasteiger partial charge is 0.292 e. The van der Waals surface area contributed by atoms with Gasteiger partial charge in [-0.15, -0.1) is 0 Å². The van der Waals surface area contributed by atoms with Crippen molar-refractivity contribution in [2.75, 3.05) is 19.4 Å². The van der Waals surface area contributed by atoms with Crippen molar-refractivity contribution in [3.05, 3.63) is 41.6 Å². The molecular formula is C15H17N3O5S. The number of nitrogens with zero attached hydrogens (tertiary/aromatic N) is 2. The number of rotatable bonds is 7. The Balaban J connectivity index is 2.08. The average molecular weight is 351 g/mol. The number of carbonyl (C=O) groups excluding carboxylic acids is 1. The number of sulfone groups is 1. The van der Waals surface area contributed by atoms with Gasteiger partial charge in [0, 0.05) is 18.2 Å². The van der Waals surface area contributed by atoms with E-state index in [4.69, 9.17) is 9.26 Å². The molecule has 0 unspecified atom stereocenters. The summed E-state index contributed by atoms with van der Waals surface area (Å²) in [7, 11) is -3.22. The van der Waals surface area contributed by atoms with Crippen molar-refractivity contribution in [1.82, 2.24) is 15.5 Å². The summed E-state index contributed by atoms with van der Waals surface area (Å²) in [6, 6.07) is 7.11. The van der Waals surface area contributed by atoms with E-state index in [1.54, 1.807) is 18.2 Å². The van der Waals surface area contributed by atoms with Crippen LogP contribution in [0.2, 0.25) is 0 Å². The highest BCUT2D eigenvalue weighted by atomic mass is 32.2. The highest BCUT2D eigenvalue weighted by Crippen LogP contribution is 2.28. The van der Waals surface area contributed by atoms with Crippen LogP contribution in [0, 0.1) is 0 Å². The zero-order chi connectivity index (χ0) is 17.6. The number of amides is 1. The molecule has 1 amide bonds.